The van der Waals surface area contributed by atoms with E-state index in [9.17, 15) is 14.7 Å². The molecule has 0 spiro atoms. The smallest absolute Gasteiger partial charge is 0.333 e. The normalized spacial score (nSPS) is 12.6. The first-order valence-electron chi connectivity index (χ1n) is 5.55. The summed E-state index contributed by atoms with van der Waals surface area (Å²) < 4.78 is 5.21. The Labute approximate surface area is 106 Å². The third-order valence-electron chi connectivity index (χ3n) is 2.10. The molecule has 0 aromatic heterocycles. The number of benzene rings is 1. The quantitative estimate of drug-likeness (QED) is 0.628. The van der Waals surface area contributed by atoms with Crippen LogP contribution in [-0.4, -0.2) is 23.1 Å². The van der Waals surface area contributed by atoms with E-state index < -0.39 is 17.6 Å². The maximum absolute atomic E-state index is 11.9. The molecule has 0 saturated heterocycles. The van der Waals surface area contributed by atoms with E-state index in [2.05, 4.69) is 5.32 Å². The molecule has 0 aliphatic heterocycles. The first-order chi connectivity index (χ1) is 8.33. The summed E-state index contributed by atoms with van der Waals surface area (Å²) in [6, 6.07) is 5.13. The van der Waals surface area contributed by atoms with Crippen LogP contribution in [0, 0.1) is 0 Å². The Kier molecular flexibility index (Phi) is 4.31. The van der Waals surface area contributed by atoms with Crippen molar-refractivity contribution in [2.45, 2.75) is 32.4 Å². The monoisotopic (exact) mass is 251 g/mol. The van der Waals surface area contributed by atoms with Crippen LogP contribution in [0.4, 0.5) is 0 Å². The molecule has 2 N–H and O–H groups in total. The van der Waals surface area contributed by atoms with Crippen LogP contribution in [0.15, 0.2) is 24.3 Å². The Morgan fingerprint density at radius 2 is 1.89 bits per heavy atom. The van der Waals surface area contributed by atoms with Crippen LogP contribution in [0.3, 0.4) is 0 Å². The molecule has 1 unspecified atom stereocenters. The second-order valence-corrected chi connectivity index (χ2v) is 4.84. The molecule has 1 rings (SSSR count). The van der Waals surface area contributed by atoms with Gasteiger partial charge in [0.2, 0.25) is 6.41 Å². The lowest BCUT2D eigenvalue weighted by molar-refractivity contribution is -0.158. The Hall–Kier alpha value is -2.04. The Balaban J connectivity index is 2.91. The summed E-state index contributed by atoms with van der Waals surface area (Å²) in [5.74, 6) is -0.451. The molecule has 1 atom stereocenters. The van der Waals surface area contributed by atoms with Crippen LogP contribution < -0.4 is 5.32 Å². The molecular formula is C13H17NO4. The van der Waals surface area contributed by atoms with Gasteiger partial charge < -0.3 is 15.2 Å². The number of carbonyl (C=O) groups is 2. The highest BCUT2D eigenvalue weighted by molar-refractivity contribution is 5.80. The summed E-state index contributed by atoms with van der Waals surface area (Å²) in [5.41, 5.74) is -0.0780. The summed E-state index contributed by atoms with van der Waals surface area (Å²) >= 11 is 0. The number of nitrogens with one attached hydrogen (secondary N) is 1. The van der Waals surface area contributed by atoms with Gasteiger partial charge in [-0.05, 0) is 38.5 Å². The molecular weight excluding hydrogens is 234 g/mol. The molecule has 0 heterocycles. The van der Waals surface area contributed by atoms with Crippen molar-refractivity contribution in [3.8, 4) is 5.75 Å². The van der Waals surface area contributed by atoms with Crippen molar-refractivity contribution in [3.63, 3.8) is 0 Å². The van der Waals surface area contributed by atoms with Gasteiger partial charge in [0.1, 0.15) is 11.4 Å². The summed E-state index contributed by atoms with van der Waals surface area (Å²) in [7, 11) is 0. The average molecular weight is 251 g/mol. The fourth-order valence-electron chi connectivity index (χ4n) is 1.40. The van der Waals surface area contributed by atoms with Gasteiger partial charge in [-0.1, -0.05) is 12.1 Å². The van der Waals surface area contributed by atoms with E-state index in [4.69, 9.17) is 4.74 Å². The molecule has 98 valence electrons. The minimum absolute atomic E-state index is 0.0905. The Morgan fingerprint density at radius 1 is 1.33 bits per heavy atom. The zero-order valence-electron chi connectivity index (χ0n) is 10.6. The van der Waals surface area contributed by atoms with E-state index in [1.807, 2.05) is 0 Å². The maximum atomic E-state index is 11.9. The minimum atomic E-state index is -0.873. The molecule has 5 heteroatoms. The van der Waals surface area contributed by atoms with Crippen LogP contribution in [0.2, 0.25) is 0 Å². The number of ether oxygens (including phenoxy) is 1. The fraction of sp³-hybridized carbons (Fsp3) is 0.385. The number of hydrogen-bond acceptors (Lipinski definition) is 4. The van der Waals surface area contributed by atoms with E-state index in [1.165, 1.54) is 12.1 Å². The summed E-state index contributed by atoms with van der Waals surface area (Å²) in [4.78, 5) is 22.5. The van der Waals surface area contributed by atoms with Gasteiger partial charge in [-0.2, -0.15) is 0 Å². The zero-order chi connectivity index (χ0) is 13.8. The van der Waals surface area contributed by atoms with Crippen molar-refractivity contribution < 1.29 is 19.4 Å². The first kappa shape index (κ1) is 14.0. The summed E-state index contributed by atoms with van der Waals surface area (Å²) in [6.45, 7) is 5.25. The number of aromatic hydroxyl groups is 1. The van der Waals surface area contributed by atoms with Gasteiger partial charge in [0.25, 0.3) is 0 Å². The third-order valence-corrected chi connectivity index (χ3v) is 2.10. The van der Waals surface area contributed by atoms with E-state index in [0.717, 1.165) is 0 Å². The number of phenols is 1. The minimum Gasteiger partial charge on any atom is -0.508 e. The van der Waals surface area contributed by atoms with Crippen molar-refractivity contribution >= 4 is 12.4 Å². The van der Waals surface area contributed by atoms with Crippen LogP contribution in [0.1, 0.15) is 32.4 Å². The number of esters is 1. The first-order valence-corrected chi connectivity index (χ1v) is 5.55. The predicted octanol–water partition coefficient (Wildman–Crippen LogP) is 1.52. The van der Waals surface area contributed by atoms with Gasteiger partial charge >= 0.3 is 5.97 Å². The highest BCUT2D eigenvalue weighted by atomic mass is 16.6. The lowest BCUT2D eigenvalue weighted by atomic mass is 10.1. The van der Waals surface area contributed by atoms with Crippen LogP contribution in [-0.2, 0) is 14.3 Å². The Bertz CT molecular complexity index is 420. The number of hydrogen-bond donors (Lipinski definition) is 2. The molecule has 5 nitrogen and oxygen atoms in total. The number of amides is 1. The molecule has 1 amide bonds. The molecule has 18 heavy (non-hydrogen) atoms. The lowest BCUT2D eigenvalue weighted by Crippen LogP contribution is -2.34. The molecule has 1 aromatic rings. The van der Waals surface area contributed by atoms with Crippen molar-refractivity contribution in [2.75, 3.05) is 0 Å². The fourth-order valence-corrected chi connectivity index (χ4v) is 1.40. The second-order valence-electron chi connectivity index (χ2n) is 4.84. The SMILES string of the molecule is CC(C)(C)OC(=O)C(NC=O)c1ccc(O)cc1. The maximum Gasteiger partial charge on any atom is 0.333 e. The van der Waals surface area contributed by atoms with Crippen molar-refractivity contribution in [1.82, 2.24) is 5.32 Å². The van der Waals surface area contributed by atoms with Gasteiger partial charge in [0.05, 0.1) is 0 Å². The standard InChI is InChI=1S/C13H17NO4/c1-13(2,3)18-12(17)11(14-8-15)9-4-6-10(16)7-5-9/h4-8,11,16H,1-3H3,(H,14,15). The van der Waals surface area contributed by atoms with Crippen molar-refractivity contribution in [3.05, 3.63) is 29.8 Å². The number of carbonyl (C=O) groups excluding carboxylic acids is 2. The van der Waals surface area contributed by atoms with Crippen molar-refractivity contribution in [2.24, 2.45) is 0 Å². The van der Waals surface area contributed by atoms with Gasteiger partial charge in [0.15, 0.2) is 6.04 Å². The van der Waals surface area contributed by atoms with Crippen LogP contribution in [0.25, 0.3) is 0 Å². The van der Waals surface area contributed by atoms with E-state index >= 15 is 0 Å². The van der Waals surface area contributed by atoms with Gasteiger partial charge in [-0.3, -0.25) is 4.79 Å². The van der Waals surface area contributed by atoms with Crippen molar-refractivity contribution in [1.29, 1.82) is 0 Å². The predicted molar refractivity (Wildman–Crippen MR) is 65.9 cm³/mol. The van der Waals surface area contributed by atoms with Gasteiger partial charge in [0, 0.05) is 0 Å². The zero-order valence-corrected chi connectivity index (χ0v) is 10.6. The van der Waals surface area contributed by atoms with E-state index in [1.54, 1.807) is 32.9 Å². The topological polar surface area (TPSA) is 75.6 Å². The van der Waals surface area contributed by atoms with Crippen LogP contribution >= 0.6 is 0 Å². The Morgan fingerprint density at radius 3 is 2.33 bits per heavy atom. The molecule has 0 bridgehead atoms. The lowest BCUT2D eigenvalue weighted by Gasteiger charge is -2.23. The van der Waals surface area contributed by atoms with Gasteiger partial charge in [-0.15, -0.1) is 0 Å². The number of phenolic OH excluding ortho intramolecular Hbond substituents is 1. The third kappa shape index (κ3) is 4.08. The highest BCUT2D eigenvalue weighted by Crippen LogP contribution is 2.20. The molecule has 0 fully saturated rings. The van der Waals surface area contributed by atoms with Crippen LogP contribution in [0.5, 0.6) is 5.75 Å². The molecule has 1 aromatic carbocycles. The molecule has 0 radical (unpaired) electrons. The highest BCUT2D eigenvalue weighted by Gasteiger charge is 2.26. The van der Waals surface area contributed by atoms with E-state index in [0.29, 0.717) is 12.0 Å². The molecule has 0 aliphatic rings. The second kappa shape index (κ2) is 5.53. The average Bonchev–Trinajstić information content (AvgIpc) is 2.25. The van der Waals surface area contributed by atoms with Gasteiger partial charge in [-0.25, -0.2) is 4.79 Å². The largest absolute Gasteiger partial charge is 0.508 e. The summed E-state index contributed by atoms with van der Waals surface area (Å²) in [5, 5.41) is 11.6. The molecule has 0 saturated carbocycles. The summed E-state index contributed by atoms with van der Waals surface area (Å²) in [6.07, 6.45) is 0.446. The molecule has 0 aliphatic carbocycles. The number of rotatable bonds is 4. The van der Waals surface area contributed by atoms with E-state index in [-0.39, 0.29) is 5.75 Å².